The number of nitrogens with zero attached hydrogens (tertiary/aromatic N) is 2. The predicted octanol–water partition coefficient (Wildman–Crippen LogP) is 1.67. The van der Waals surface area contributed by atoms with E-state index in [4.69, 9.17) is 5.73 Å². The van der Waals surface area contributed by atoms with Crippen LogP contribution in [0.25, 0.3) is 10.9 Å². The number of aromatic nitrogens is 1. The molecule has 0 bridgehead atoms. The van der Waals surface area contributed by atoms with Gasteiger partial charge in [0.25, 0.3) is 0 Å². The number of H-pyrrole nitrogens is 1. The van der Waals surface area contributed by atoms with Gasteiger partial charge in [0.15, 0.2) is 0 Å². The van der Waals surface area contributed by atoms with Gasteiger partial charge in [-0.05, 0) is 32.1 Å². The Balaban J connectivity index is 0.00000225. The molecule has 1 fully saturated rings. The van der Waals surface area contributed by atoms with E-state index in [-0.39, 0.29) is 43.1 Å². The van der Waals surface area contributed by atoms with Crippen LogP contribution in [0.1, 0.15) is 5.56 Å². The standard InChI is InChI=1S/C18H27N5O.3ClH/c1-22-7-8-23(2)14(12-22)11-21-18(24)16(19)9-13-10-20-17-6-4-3-5-15(13)17;;;/h3-6,10,14,16,20H,7-9,11-12,19H2,1-2H3,(H,21,24);3*1H/t14?,16-;;;/m0.../s1. The Bertz CT molecular complexity index is 711. The van der Waals surface area contributed by atoms with Gasteiger partial charge in [-0.15, -0.1) is 37.2 Å². The number of hydrogen-bond acceptors (Lipinski definition) is 4. The Kier molecular flexibility index (Phi) is 11.3. The summed E-state index contributed by atoms with van der Waals surface area (Å²) in [5.74, 6) is -0.0816. The summed E-state index contributed by atoms with van der Waals surface area (Å²) in [5, 5.41) is 4.15. The third kappa shape index (κ3) is 6.52. The molecule has 1 aromatic heterocycles. The molecule has 3 rings (SSSR count). The van der Waals surface area contributed by atoms with E-state index >= 15 is 0 Å². The van der Waals surface area contributed by atoms with E-state index in [1.54, 1.807) is 0 Å². The van der Waals surface area contributed by atoms with Crippen molar-refractivity contribution in [2.45, 2.75) is 18.5 Å². The van der Waals surface area contributed by atoms with Crippen LogP contribution in [0.5, 0.6) is 0 Å². The van der Waals surface area contributed by atoms with Gasteiger partial charge < -0.3 is 20.9 Å². The average Bonchev–Trinajstić information content (AvgIpc) is 2.98. The Morgan fingerprint density at radius 2 is 1.96 bits per heavy atom. The number of carbonyl (C=O) groups is 1. The first-order chi connectivity index (χ1) is 11.5. The number of likely N-dealkylation sites (N-methyl/N-ethyl adjacent to an activating group) is 2. The lowest BCUT2D eigenvalue weighted by Crippen LogP contribution is -2.55. The van der Waals surface area contributed by atoms with Crippen molar-refractivity contribution in [2.24, 2.45) is 5.73 Å². The van der Waals surface area contributed by atoms with E-state index < -0.39 is 6.04 Å². The van der Waals surface area contributed by atoms with Gasteiger partial charge in [-0.1, -0.05) is 18.2 Å². The predicted molar refractivity (Wildman–Crippen MR) is 119 cm³/mol. The first kappa shape index (κ1) is 26.0. The van der Waals surface area contributed by atoms with Crippen LogP contribution in [-0.4, -0.2) is 73.0 Å². The molecule has 1 unspecified atom stereocenters. The van der Waals surface area contributed by atoms with Gasteiger partial charge in [0, 0.05) is 49.3 Å². The number of rotatable bonds is 5. The summed E-state index contributed by atoms with van der Waals surface area (Å²) in [7, 11) is 4.22. The number of halogens is 3. The van der Waals surface area contributed by atoms with Crippen molar-refractivity contribution in [1.82, 2.24) is 20.1 Å². The fourth-order valence-corrected chi connectivity index (χ4v) is 3.30. The van der Waals surface area contributed by atoms with Gasteiger partial charge in [-0.25, -0.2) is 0 Å². The van der Waals surface area contributed by atoms with Crippen LogP contribution >= 0.6 is 37.2 Å². The van der Waals surface area contributed by atoms with E-state index in [1.165, 1.54) is 0 Å². The van der Waals surface area contributed by atoms with Crippen molar-refractivity contribution in [1.29, 1.82) is 0 Å². The molecule has 1 amide bonds. The number of aromatic amines is 1. The second-order valence-electron chi connectivity index (χ2n) is 6.81. The van der Waals surface area contributed by atoms with E-state index in [2.05, 4.69) is 40.3 Å². The number of fused-ring (bicyclic) bond motifs is 1. The Labute approximate surface area is 179 Å². The second-order valence-corrected chi connectivity index (χ2v) is 6.81. The highest BCUT2D eigenvalue weighted by Gasteiger charge is 2.23. The maximum Gasteiger partial charge on any atom is 0.237 e. The molecule has 9 heteroatoms. The van der Waals surface area contributed by atoms with E-state index in [0.29, 0.717) is 19.0 Å². The Morgan fingerprint density at radius 3 is 2.70 bits per heavy atom. The van der Waals surface area contributed by atoms with Crippen LogP contribution in [0.3, 0.4) is 0 Å². The van der Waals surface area contributed by atoms with Gasteiger partial charge in [0.05, 0.1) is 6.04 Å². The number of carbonyl (C=O) groups excluding carboxylic acids is 1. The fraction of sp³-hybridized carbons (Fsp3) is 0.500. The minimum atomic E-state index is -0.532. The molecule has 1 aliphatic heterocycles. The molecule has 1 aromatic carbocycles. The van der Waals surface area contributed by atoms with Crippen LogP contribution in [-0.2, 0) is 11.2 Å². The van der Waals surface area contributed by atoms with Crippen molar-refractivity contribution in [2.75, 3.05) is 40.3 Å². The summed E-state index contributed by atoms with van der Waals surface area (Å²) in [5.41, 5.74) is 8.29. The fourth-order valence-electron chi connectivity index (χ4n) is 3.30. The van der Waals surface area contributed by atoms with Crippen molar-refractivity contribution in [3.8, 4) is 0 Å². The third-order valence-electron chi connectivity index (χ3n) is 4.94. The van der Waals surface area contributed by atoms with Crippen LogP contribution < -0.4 is 11.1 Å². The normalized spacial score (nSPS) is 18.7. The highest BCUT2D eigenvalue weighted by atomic mass is 35.5. The van der Waals surface area contributed by atoms with Crippen molar-refractivity contribution in [3.63, 3.8) is 0 Å². The summed E-state index contributed by atoms with van der Waals surface area (Å²) in [6.45, 7) is 3.70. The molecule has 2 heterocycles. The van der Waals surface area contributed by atoms with Crippen LogP contribution in [0, 0.1) is 0 Å². The van der Waals surface area contributed by atoms with E-state index in [9.17, 15) is 4.79 Å². The third-order valence-corrected chi connectivity index (χ3v) is 4.94. The quantitative estimate of drug-likeness (QED) is 0.663. The first-order valence-corrected chi connectivity index (χ1v) is 8.51. The molecule has 0 radical (unpaired) electrons. The Morgan fingerprint density at radius 1 is 1.26 bits per heavy atom. The minimum absolute atomic E-state index is 0. The molecule has 154 valence electrons. The number of nitrogens with one attached hydrogen (secondary N) is 2. The SMILES string of the molecule is CN1CCN(C)C(CNC(=O)[C@@H](N)Cc2c[nH]c3ccccc23)C1.Cl.Cl.Cl. The molecule has 1 saturated heterocycles. The maximum atomic E-state index is 12.4. The van der Waals surface area contributed by atoms with Gasteiger partial charge in [-0.3, -0.25) is 9.69 Å². The zero-order valence-corrected chi connectivity index (χ0v) is 18.1. The molecular weight excluding hydrogens is 409 g/mol. The lowest BCUT2D eigenvalue weighted by atomic mass is 10.0. The van der Waals surface area contributed by atoms with Crippen molar-refractivity contribution < 1.29 is 4.79 Å². The largest absolute Gasteiger partial charge is 0.361 e. The zero-order valence-electron chi connectivity index (χ0n) is 15.7. The lowest BCUT2D eigenvalue weighted by molar-refractivity contribution is -0.122. The molecule has 27 heavy (non-hydrogen) atoms. The molecule has 0 saturated carbocycles. The topological polar surface area (TPSA) is 77.4 Å². The molecule has 1 aliphatic rings. The highest BCUT2D eigenvalue weighted by Crippen LogP contribution is 2.18. The molecule has 4 N–H and O–H groups in total. The number of benzene rings is 1. The van der Waals surface area contributed by atoms with Crippen LogP contribution in [0.2, 0.25) is 0 Å². The number of amides is 1. The maximum absolute atomic E-state index is 12.4. The number of hydrogen-bond donors (Lipinski definition) is 3. The number of piperazine rings is 1. The van der Waals surface area contributed by atoms with E-state index in [0.717, 1.165) is 36.1 Å². The first-order valence-electron chi connectivity index (χ1n) is 8.51. The van der Waals surface area contributed by atoms with E-state index in [1.807, 2.05) is 24.4 Å². The summed E-state index contributed by atoms with van der Waals surface area (Å²) >= 11 is 0. The molecule has 6 nitrogen and oxygen atoms in total. The number of nitrogens with two attached hydrogens (primary N) is 1. The summed E-state index contributed by atoms with van der Waals surface area (Å²) < 4.78 is 0. The van der Waals surface area contributed by atoms with Gasteiger partial charge in [0.1, 0.15) is 0 Å². The molecule has 2 aromatic rings. The smallest absolute Gasteiger partial charge is 0.237 e. The van der Waals surface area contributed by atoms with Crippen molar-refractivity contribution >= 4 is 54.0 Å². The molecule has 0 aliphatic carbocycles. The summed E-state index contributed by atoms with van der Waals surface area (Å²) in [6, 6.07) is 7.88. The minimum Gasteiger partial charge on any atom is -0.361 e. The summed E-state index contributed by atoms with van der Waals surface area (Å²) in [6.07, 6.45) is 2.48. The van der Waals surface area contributed by atoms with Crippen LogP contribution in [0.4, 0.5) is 0 Å². The molecule has 0 spiro atoms. The molecule has 2 atom stereocenters. The van der Waals surface area contributed by atoms with Crippen LogP contribution in [0.15, 0.2) is 30.5 Å². The second kappa shape index (κ2) is 11.7. The van der Waals surface area contributed by atoms with Crippen molar-refractivity contribution in [3.05, 3.63) is 36.0 Å². The van der Waals surface area contributed by atoms with Gasteiger partial charge in [-0.2, -0.15) is 0 Å². The van der Waals surface area contributed by atoms with Gasteiger partial charge in [0.2, 0.25) is 5.91 Å². The monoisotopic (exact) mass is 437 g/mol. The zero-order chi connectivity index (χ0) is 17.1. The number of para-hydroxylation sites is 1. The van der Waals surface area contributed by atoms with Gasteiger partial charge >= 0.3 is 0 Å². The average molecular weight is 439 g/mol. The lowest BCUT2D eigenvalue weighted by Gasteiger charge is -2.37. The summed E-state index contributed by atoms with van der Waals surface area (Å²) in [4.78, 5) is 20.2. The highest BCUT2D eigenvalue weighted by molar-refractivity contribution is 5.86. The molecular formula is C18H30Cl3N5O. The Hall–Kier alpha value is -1.02.